The first-order chi connectivity index (χ1) is 8.69. The molecule has 1 aromatic carbocycles. The second kappa shape index (κ2) is 5.77. The number of methoxy groups -OCH3 is 1. The minimum atomic E-state index is -3.95. The Labute approximate surface area is 116 Å². The molecule has 6 nitrogen and oxygen atoms in total. The number of aliphatic carboxylic acids is 1. The van der Waals surface area contributed by atoms with Crippen LogP contribution in [0.15, 0.2) is 17.0 Å². The normalized spacial score (nSPS) is 13.1. The molecule has 0 unspecified atom stereocenters. The van der Waals surface area contributed by atoms with Crippen molar-refractivity contribution in [1.29, 1.82) is 0 Å². The van der Waals surface area contributed by atoms with Gasteiger partial charge in [-0.1, -0.05) is 11.6 Å². The highest BCUT2D eigenvalue weighted by atomic mass is 35.5. The lowest BCUT2D eigenvalue weighted by molar-refractivity contribution is -0.138. The number of rotatable bonds is 5. The molecule has 0 amide bonds. The van der Waals surface area contributed by atoms with E-state index in [1.807, 2.05) is 0 Å². The quantitative estimate of drug-likeness (QED) is 0.858. The van der Waals surface area contributed by atoms with E-state index in [0.717, 1.165) is 0 Å². The van der Waals surface area contributed by atoms with E-state index < -0.39 is 22.0 Å². The lowest BCUT2D eigenvalue weighted by atomic mass is 10.2. The van der Waals surface area contributed by atoms with Gasteiger partial charge in [0.1, 0.15) is 11.8 Å². The number of aryl methyl sites for hydroxylation is 1. The van der Waals surface area contributed by atoms with E-state index in [1.54, 1.807) is 6.92 Å². The molecule has 1 aromatic rings. The summed E-state index contributed by atoms with van der Waals surface area (Å²) in [5.74, 6) is -0.912. The lowest BCUT2D eigenvalue weighted by Crippen LogP contribution is -2.38. The van der Waals surface area contributed by atoms with Gasteiger partial charge < -0.3 is 9.84 Å². The van der Waals surface area contributed by atoms with Gasteiger partial charge in [-0.15, -0.1) is 0 Å². The van der Waals surface area contributed by atoms with Crippen molar-refractivity contribution in [3.05, 3.63) is 22.7 Å². The van der Waals surface area contributed by atoms with Gasteiger partial charge >= 0.3 is 5.97 Å². The Hall–Kier alpha value is -1.31. The number of benzene rings is 1. The first-order valence-electron chi connectivity index (χ1n) is 5.28. The number of carbonyl (C=O) groups is 1. The molecule has 106 valence electrons. The molecule has 8 heteroatoms. The highest BCUT2D eigenvalue weighted by Crippen LogP contribution is 2.30. The standard InChI is InChI=1S/C11H14ClNO5S/c1-6-4-9(18-3)8(12)5-10(6)19(16,17)13-7(2)11(14)15/h4-5,7,13H,1-3H3,(H,14,15)/t7-/m0/s1. The average molecular weight is 308 g/mol. The molecule has 0 spiro atoms. The van der Waals surface area contributed by atoms with Crippen LogP contribution in [-0.4, -0.2) is 32.6 Å². The van der Waals surface area contributed by atoms with Crippen LogP contribution in [0.3, 0.4) is 0 Å². The van der Waals surface area contributed by atoms with Crippen LogP contribution in [0.25, 0.3) is 0 Å². The largest absolute Gasteiger partial charge is 0.495 e. The predicted octanol–water partition coefficient (Wildman–Crippen LogP) is 1.41. The van der Waals surface area contributed by atoms with Gasteiger partial charge in [0.05, 0.1) is 17.0 Å². The smallest absolute Gasteiger partial charge is 0.321 e. The lowest BCUT2D eigenvalue weighted by Gasteiger charge is -2.13. The van der Waals surface area contributed by atoms with Crippen molar-refractivity contribution in [3.63, 3.8) is 0 Å². The topological polar surface area (TPSA) is 92.7 Å². The van der Waals surface area contributed by atoms with Gasteiger partial charge in [0.25, 0.3) is 0 Å². The third-order valence-electron chi connectivity index (χ3n) is 2.44. The van der Waals surface area contributed by atoms with Gasteiger partial charge in [0.2, 0.25) is 10.0 Å². The van der Waals surface area contributed by atoms with Crippen LogP contribution in [0.1, 0.15) is 12.5 Å². The van der Waals surface area contributed by atoms with Crippen molar-refractivity contribution in [3.8, 4) is 5.75 Å². The molecule has 0 fully saturated rings. The van der Waals surface area contributed by atoms with Crippen LogP contribution in [0, 0.1) is 6.92 Å². The summed E-state index contributed by atoms with van der Waals surface area (Å²) < 4.78 is 31.1. The monoisotopic (exact) mass is 307 g/mol. The summed E-state index contributed by atoms with van der Waals surface area (Å²) >= 11 is 5.87. The van der Waals surface area contributed by atoms with Gasteiger partial charge in [-0.05, 0) is 31.5 Å². The second-order valence-corrected chi connectivity index (χ2v) is 6.02. The maximum Gasteiger partial charge on any atom is 0.321 e. The number of ether oxygens (including phenoxy) is 1. The zero-order valence-corrected chi connectivity index (χ0v) is 12.2. The Morgan fingerprint density at radius 2 is 2.05 bits per heavy atom. The molecule has 0 saturated carbocycles. The molecule has 2 N–H and O–H groups in total. The minimum Gasteiger partial charge on any atom is -0.495 e. The van der Waals surface area contributed by atoms with E-state index in [0.29, 0.717) is 11.3 Å². The van der Waals surface area contributed by atoms with Crippen LogP contribution in [0.2, 0.25) is 5.02 Å². The third-order valence-corrected chi connectivity index (χ3v) is 4.42. The number of carboxylic acid groups (broad SMARTS) is 1. The number of hydrogen-bond donors (Lipinski definition) is 2. The van der Waals surface area contributed by atoms with Crippen molar-refractivity contribution in [2.75, 3.05) is 7.11 Å². The van der Waals surface area contributed by atoms with Gasteiger partial charge in [0.15, 0.2) is 0 Å². The molecular formula is C11H14ClNO5S. The van der Waals surface area contributed by atoms with Crippen molar-refractivity contribution < 1.29 is 23.1 Å². The fourth-order valence-electron chi connectivity index (χ4n) is 1.43. The Morgan fingerprint density at radius 1 is 1.47 bits per heavy atom. The molecule has 19 heavy (non-hydrogen) atoms. The maximum absolute atomic E-state index is 12.0. The summed E-state index contributed by atoms with van der Waals surface area (Å²) in [6, 6.07) is 1.47. The van der Waals surface area contributed by atoms with Crippen LogP contribution in [-0.2, 0) is 14.8 Å². The molecule has 0 bridgehead atoms. The number of nitrogens with one attached hydrogen (secondary N) is 1. The van der Waals surface area contributed by atoms with Gasteiger partial charge in [-0.2, -0.15) is 4.72 Å². The predicted molar refractivity (Wildman–Crippen MR) is 70.2 cm³/mol. The van der Waals surface area contributed by atoms with Gasteiger partial charge in [0, 0.05) is 0 Å². The summed E-state index contributed by atoms with van der Waals surface area (Å²) in [6.07, 6.45) is 0. The molecule has 0 heterocycles. The zero-order chi connectivity index (χ0) is 14.8. The van der Waals surface area contributed by atoms with E-state index in [9.17, 15) is 13.2 Å². The van der Waals surface area contributed by atoms with Crippen molar-refractivity contribution in [1.82, 2.24) is 4.72 Å². The Balaban J connectivity index is 3.22. The molecule has 0 aliphatic heterocycles. The molecule has 0 aliphatic carbocycles. The Morgan fingerprint density at radius 3 is 2.53 bits per heavy atom. The molecule has 0 radical (unpaired) electrons. The molecule has 0 saturated heterocycles. The number of halogens is 1. The van der Waals surface area contributed by atoms with Crippen LogP contribution in [0.5, 0.6) is 5.75 Å². The van der Waals surface area contributed by atoms with Crippen LogP contribution < -0.4 is 9.46 Å². The molecule has 1 atom stereocenters. The SMILES string of the molecule is COc1cc(C)c(S(=O)(=O)N[C@@H](C)C(=O)O)cc1Cl. The summed E-state index contributed by atoms with van der Waals surface area (Å²) in [5.41, 5.74) is 0.409. The number of carboxylic acids is 1. The van der Waals surface area contributed by atoms with E-state index in [2.05, 4.69) is 4.72 Å². The molecule has 0 aliphatic rings. The van der Waals surface area contributed by atoms with E-state index in [4.69, 9.17) is 21.4 Å². The number of sulfonamides is 1. The summed E-state index contributed by atoms with van der Waals surface area (Å²) in [5, 5.41) is 8.86. The fourth-order valence-corrected chi connectivity index (χ4v) is 3.18. The Bertz CT molecular complexity index is 599. The molecular weight excluding hydrogens is 294 g/mol. The molecule has 0 aromatic heterocycles. The highest BCUT2D eigenvalue weighted by Gasteiger charge is 2.24. The second-order valence-electron chi connectivity index (χ2n) is 3.93. The van der Waals surface area contributed by atoms with Gasteiger partial charge in [-0.3, -0.25) is 4.79 Å². The van der Waals surface area contributed by atoms with E-state index >= 15 is 0 Å². The zero-order valence-electron chi connectivity index (χ0n) is 10.6. The maximum atomic E-state index is 12.0. The van der Waals surface area contributed by atoms with Crippen molar-refractivity contribution in [2.45, 2.75) is 24.8 Å². The average Bonchev–Trinajstić information content (AvgIpc) is 2.30. The summed E-state index contributed by atoms with van der Waals surface area (Å²) in [6.45, 7) is 2.80. The van der Waals surface area contributed by atoms with E-state index in [1.165, 1.54) is 26.2 Å². The van der Waals surface area contributed by atoms with Crippen molar-refractivity contribution in [2.24, 2.45) is 0 Å². The summed E-state index contributed by atoms with van der Waals surface area (Å²) in [4.78, 5) is 10.6. The van der Waals surface area contributed by atoms with Gasteiger partial charge in [-0.25, -0.2) is 8.42 Å². The molecule has 1 rings (SSSR count). The Kier molecular flexibility index (Phi) is 4.78. The summed E-state index contributed by atoms with van der Waals surface area (Å²) in [7, 11) is -2.54. The van der Waals surface area contributed by atoms with Crippen molar-refractivity contribution >= 4 is 27.6 Å². The first-order valence-corrected chi connectivity index (χ1v) is 7.14. The van der Waals surface area contributed by atoms with E-state index in [-0.39, 0.29) is 9.92 Å². The van der Waals surface area contributed by atoms with Crippen LogP contribution in [0.4, 0.5) is 0 Å². The first kappa shape index (κ1) is 15.7. The fraction of sp³-hybridized carbons (Fsp3) is 0.364. The third kappa shape index (κ3) is 3.59. The minimum absolute atomic E-state index is 0.0774. The van der Waals surface area contributed by atoms with Crippen LogP contribution >= 0.6 is 11.6 Å². The number of hydrogen-bond acceptors (Lipinski definition) is 4. The highest BCUT2D eigenvalue weighted by molar-refractivity contribution is 7.89.